The summed E-state index contributed by atoms with van der Waals surface area (Å²) in [6, 6.07) is 2.93. The Morgan fingerprint density at radius 1 is 1.48 bits per heavy atom. The molecule has 0 aromatic carbocycles. The molecule has 2 rings (SSSR count). The van der Waals surface area contributed by atoms with E-state index < -0.39 is 17.9 Å². The lowest BCUT2D eigenvalue weighted by Gasteiger charge is -2.30. The van der Waals surface area contributed by atoms with Crippen LogP contribution in [0, 0.1) is 5.92 Å². The Labute approximate surface area is 131 Å². The van der Waals surface area contributed by atoms with Crippen LogP contribution in [0.4, 0.5) is 0 Å². The summed E-state index contributed by atoms with van der Waals surface area (Å²) in [5.74, 6) is -1.82. The van der Waals surface area contributed by atoms with Gasteiger partial charge in [0.1, 0.15) is 10.5 Å². The van der Waals surface area contributed by atoms with Crippen LogP contribution in [0.15, 0.2) is 22.9 Å². The molecular formula is C14H17BrN2O4. The van der Waals surface area contributed by atoms with E-state index in [0.717, 1.165) is 6.42 Å². The summed E-state index contributed by atoms with van der Waals surface area (Å²) in [6.07, 6.45) is 2.24. The number of nitrogens with zero attached hydrogens (tertiary/aromatic N) is 2. The van der Waals surface area contributed by atoms with Crippen molar-refractivity contribution in [3.8, 4) is 0 Å². The summed E-state index contributed by atoms with van der Waals surface area (Å²) in [5, 5.41) is 9.25. The summed E-state index contributed by atoms with van der Waals surface area (Å²) < 4.78 is 5.91. The van der Waals surface area contributed by atoms with Crippen LogP contribution >= 0.6 is 15.9 Å². The highest BCUT2D eigenvalue weighted by molar-refractivity contribution is 9.10. The molecule has 1 aliphatic rings. The molecule has 1 N–H and O–H groups in total. The number of carbonyl (C=O) groups is 2. The van der Waals surface area contributed by atoms with E-state index in [1.54, 1.807) is 17.0 Å². The average Bonchev–Trinajstić information content (AvgIpc) is 2.94. The number of carbonyl (C=O) groups excluding carboxylic acids is 1. The molecular weight excluding hydrogens is 340 g/mol. The lowest BCUT2D eigenvalue weighted by Crippen LogP contribution is -2.47. The molecule has 1 aromatic heterocycles. The summed E-state index contributed by atoms with van der Waals surface area (Å²) >= 11 is 3.22. The minimum Gasteiger partial charge on any atom is -0.481 e. The predicted molar refractivity (Wildman–Crippen MR) is 79.0 cm³/mol. The van der Waals surface area contributed by atoms with Gasteiger partial charge in [-0.15, -0.1) is 0 Å². The Kier molecular flexibility index (Phi) is 5.30. The molecule has 2 unspecified atom stereocenters. The van der Waals surface area contributed by atoms with Gasteiger partial charge in [-0.3, -0.25) is 9.59 Å². The van der Waals surface area contributed by atoms with Crippen molar-refractivity contribution < 1.29 is 19.4 Å². The zero-order chi connectivity index (χ0) is 15.4. The van der Waals surface area contributed by atoms with Gasteiger partial charge in [0.05, 0.1) is 24.8 Å². The minimum absolute atomic E-state index is 0.145. The van der Waals surface area contributed by atoms with Crippen molar-refractivity contribution in [3.63, 3.8) is 0 Å². The zero-order valence-electron chi connectivity index (χ0n) is 11.7. The number of halogens is 1. The van der Waals surface area contributed by atoms with Gasteiger partial charge in [0, 0.05) is 12.7 Å². The Hall–Kier alpha value is -1.47. The highest BCUT2D eigenvalue weighted by atomic mass is 79.9. The maximum absolute atomic E-state index is 12.6. The Bertz CT molecular complexity index is 520. The smallest absolute Gasteiger partial charge is 0.311 e. The fourth-order valence-electron chi connectivity index (χ4n) is 2.41. The second-order valence-electron chi connectivity index (χ2n) is 4.92. The van der Waals surface area contributed by atoms with Crippen molar-refractivity contribution in [1.82, 2.24) is 9.88 Å². The van der Waals surface area contributed by atoms with Crippen LogP contribution in [0.3, 0.4) is 0 Å². The number of hydrogen-bond acceptors (Lipinski definition) is 4. The number of ether oxygens (including phenoxy) is 1. The highest BCUT2D eigenvalue weighted by Crippen LogP contribution is 2.22. The van der Waals surface area contributed by atoms with Crippen LogP contribution in [0.25, 0.3) is 0 Å². The number of amides is 1. The molecule has 0 aliphatic carbocycles. The van der Waals surface area contributed by atoms with Gasteiger partial charge < -0.3 is 14.7 Å². The molecule has 6 nitrogen and oxygen atoms in total. The number of aromatic nitrogens is 1. The summed E-state index contributed by atoms with van der Waals surface area (Å²) in [5.41, 5.74) is 0.447. The molecule has 1 aromatic rings. The van der Waals surface area contributed by atoms with Crippen molar-refractivity contribution >= 4 is 27.8 Å². The number of pyridine rings is 1. The molecule has 0 spiro atoms. The number of carboxylic acids is 1. The first-order chi connectivity index (χ1) is 10.0. The molecule has 0 bridgehead atoms. The Morgan fingerprint density at radius 2 is 2.24 bits per heavy atom. The van der Waals surface area contributed by atoms with Gasteiger partial charge in [0.25, 0.3) is 5.91 Å². The largest absolute Gasteiger partial charge is 0.481 e. The number of carboxylic acid groups (broad SMARTS) is 1. The summed E-state index contributed by atoms with van der Waals surface area (Å²) in [7, 11) is 0. The third-order valence-corrected chi connectivity index (χ3v) is 3.94. The van der Waals surface area contributed by atoms with Crippen molar-refractivity contribution in [1.29, 1.82) is 0 Å². The van der Waals surface area contributed by atoms with Gasteiger partial charge in [-0.25, -0.2) is 4.98 Å². The second-order valence-corrected chi connectivity index (χ2v) is 5.73. The van der Waals surface area contributed by atoms with E-state index in [4.69, 9.17) is 4.74 Å². The third kappa shape index (κ3) is 3.59. The minimum atomic E-state index is -0.930. The maximum atomic E-state index is 12.6. The molecule has 21 heavy (non-hydrogen) atoms. The van der Waals surface area contributed by atoms with E-state index in [-0.39, 0.29) is 19.1 Å². The highest BCUT2D eigenvalue weighted by Gasteiger charge is 2.39. The maximum Gasteiger partial charge on any atom is 0.311 e. The van der Waals surface area contributed by atoms with E-state index in [2.05, 4.69) is 20.9 Å². The summed E-state index contributed by atoms with van der Waals surface area (Å²) in [6.45, 7) is 2.84. The van der Waals surface area contributed by atoms with Crippen LogP contribution in [0.1, 0.15) is 23.7 Å². The second kappa shape index (κ2) is 7.00. The molecule has 2 atom stereocenters. The van der Waals surface area contributed by atoms with Gasteiger partial charge >= 0.3 is 5.97 Å². The van der Waals surface area contributed by atoms with Crippen molar-refractivity contribution in [3.05, 3.63) is 28.5 Å². The van der Waals surface area contributed by atoms with Crippen molar-refractivity contribution in [2.45, 2.75) is 19.4 Å². The normalized spacial score (nSPS) is 21.2. The molecule has 1 saturated heterocycles. The SMILES string of the molecule is CCCN(C(=O)c1ccc(Br)nc1)C1COCC1C(=O)O. The lowest BCUT2D eigenvalue weighted by molar-refractivity contribution is -0.142. The monoisotopic (exact) mass is 356 g/mol. The molecule has 114 valence electrons. The quantitative estimate of drug-likeness (QED) is 0.813. The van der Waals surface area contributed by atoms with E-state index in [9.17, 15) is 14.7 Å². The lowest BCUT2D eigenvalue weighted by atomic mass is 10.0. The molecule has 1 aliphatic heterocycles. The van der Waals surface area contributed by atoms with Crippen LogP contribution in [-0.4, -0.2) is 52.7 Å². The molecule has 2 heterocycles. The average molecular weight is 357 g/mol. The Balaban J connectivity index is 2.23. The van der Waals surface area contributed by atoms with E-state index >= 15 is 0 Å². The molecule has 1 fully saturated rings. The fraction of sp³-hybridized carbons (Fsp3) is 0.500. The number of rotatable bonds is 5. The van der Waals surface area contributed by atoms with E-state index in [0.29, 0.717) is 16.7 Å². The first-order valence-electron chi connectivity index (χ1n) is 6.77. The van der Waals surface area contributed by atoms with Gasteiger partial charge in [-0.2, -0.15) is 0 Å². The number of aliphatic carboxylic acids is 1. The summed E-state index contributed by atoms with van der Waals surface area (Å²) in [4.78, 5) is 29.6. The first kappa shape index (κ1) is 15.9. The first-order valence-corrected chi connectivity index (χ1v) is 7.57. The van der Waals surface area contributed by atoms with Gasteiger partial charge in [0.2, 0.25) is 0 Å². The van der Waals surface area contributed by atoms with Crippen LogP contribution in [0.5, 0.6) is 0 Å². The zero-order valence-corrected chi connectivity index (χ0v) is 13.2. The molecule has 1 amide bonds. The predicted octanol–water partition coefficient (Wildman–Crippen LogP) is 1.80. The standard InChI is InChI=1S/C14H17BrN2O4/c1-2-5-17(11-8-21-7-10(11)14(19)20)13(18)9-3-4-12(15)16-6-9/h3-4,6,10-11H,2,5,7-8H2,1H3,(H,19,20). The fourth-order valence-corrected chi connectivity index (χ4v) is 2.65. The molecule has 0 saturated carbocycles. The van der Waals surface area contributed by atoms with Crippen molar-refractivity contribution in [2.75, 3.05) is 19.8 Å². The molecule has 7 heteroatoms. The van der Waals surface area contributed by atoms with Crippen LogP contribution in [0.2, 0.25) is 0 Å². The third-order valence-electron chi connectivity index (χ3n) is 3.47. The van der Waals surface area contributed by atoms with Gasteiger partial charge in [-0.1, -0.05) is 6.92 Å². The van der Waals surface area contributed by atoms with E-state index in [1.807, 2.05) is 6.92 Å². The van der Waals surface area contributed by atoms with Gasteiger partial charge in [-0.05, 0) is 34.5 Å². The van der Waals surface area contributed by atoms with E-state index in [1.165, 1.54) is 6.20 Å². The van der Waals surface area contributed by atoms with Crippen LogP contribution in [-0.2, 0) is 9.53 Å². The van der Waals surface area contributed by atoms with Crippen molar-refractivity contribution in [2.24, 2.45) is 5.92 Å². The molecule has 0 radical (unpaired) electrons. The van der Waals surface area contributed by atoms with Gasteiger partial charge in [0.15, 0.2) is 0 Å². The topological polar surface area (TPSA) is 79.7 Å². The van der Waals surface area contributed by atoms with Crippen LogP contribution < -0.4 is 0 Å². The Morgan fingerprint density at radius 3 is 2.81 bits per heavy atom. The number of hydrogen-bond donors (Lipinski definition) is 1.